The fraction of sp³-hybridized carbons (Fsp3) is 0.625. The molecular formula is C8H12HgO2. The van der Waals surface area contributed by atoms with Gasteiger partial charge in [0.2, 0.25) is 0 Å². The van der Waals surface area contributed by atoms with Gasteiger partial charge in [-0.2, -0.15) is 0 Å². The molecule has 0 radical (unpaired) electrons. The minimum absolute atomic E-state index is 0. The molecule has 0 heterocycles. The van der Waals surface area contributed by atoms with E-state index in [-0.39, 0.29) is 27.7 Å². The Kier molecular flexibility index (Phi) is 5.83. The summed E-state index contributed by atoms with van der Waals surface area (Å²) in [5.41, 5.74) is 0.609. The van der Waals surface area contributed by atoms with Crippen LogP contribution in [0.4, 0.5) is 0 Å². The molecule has 1 aliphatic carbocycles. The first-order valence-electron chi connectivity index (χ1n) is 3.73. The van der Waals surface area contributed by atoms with Crippen LogP contribution in [-0.4, -0.2) is 11.1 Å². The van der Waals surface area contributed by atoms with Crippen LogP contribution in [0.15, 0.2) is 11.6 Å². The normalized spacial score (nSPS) is 17.6. The zero-order chi connectivity index (χ0) is 7.40. The van der Waals surface area contributed by atoms with E-state index in [1.54, 1.807) is 0 Å². The molecule has 0 aromatic rings. The SMILES string of the molecule is O=C(O)C1=CCCCCC1.[Hg]. The molecule has 58 valence electrons. The molecule has 0 atom stereocenters. The van der Waals surface area contributed by atoms with Gasteiger partial charge in [-0.25, -0.2) is 4.79 Å². The third kappa shape index (κ3) is 3.90. The van der Waals surface area contributed by atoms with E-state index in [1.165, 1.54) is 6.42 Å². The molecule has 0 amide bonds. The summed E-state index contributed by atoms with van der Waals surface area (Å²) >= 11 is 0. The average molecular weight is 341 g/mol. The van der Waals surface area contributed by atoms with Crippen LogP contribution in [0, 0.1) is 0 Å². The van der Waals surface area contributed by atoms with Crippen LogP contribution in [-0.2, 0) is 32.5 Å². The van der Waals surface area contributed by atoms with E-state index in [0.717, 1.165) is 25.7 Å². The molecule has 1 N–H and O–H groups in total. The summed E-state index contributed by atoms with van der Waals surface area (Å²) in [7, 11) is 0. The van der Waals surface area contributed by atoms with Crippen molar-refractivity contribution in [3.8, 4) is 0 Å². The van der Waals surface area contributed by atoms with Crippen molar-refractivity contribution in [1.29, 1.82) is 0 Å². The molecule has 0 bridgehead atoms. The largest absolute Gasteiger partial charge is 0.478 e. The zero-order valence-electron chi connectivity index (χ0n) is 6.68. The van der Waals surface area contributed by atoms with Crippen molar-refractivity contribution in [3.05, 3.63) is 11.6 Å². The Morgan fingerprint density at radius 1 is 1.36 bits per heavy atom. The van der Waals surface area contributed by atoms with E-state index >= 15 is 0 Å². The van der Waals surface area contributed by atoms with E-state index in [9.17, 15) is 4.79 Å². The quantitative estimate of drug-likeness (QED) is 0.741. The molecule has 2 nitrogen and oxygen atoms in total. The topological polar surface area (TPSA) is 37.3 Å². The zero-order valence-corrected chi connectivity index (χ0v) is 12.2. The molecule has 0 aromatic heterocycles. The van der Waals surface area contributed by atoms with Gasteiger partial charge in [0.15, 0.2) is 0 Å². The van der Waals surface area contributed by atoms with Gasteiger partial charge in [-0.1, -0.05) is 12.5 Å². The predicted octanol–water partition coefficient (Wildman–Crippen LogP) is 1.96. The van der Waals surface area contributed by atoms with Crippen molar-refractivity contribution in [2.45, 2.75) is 32.1 Å². The Morgan fingerprint density at radius 2 is 2.09 bits per heavy atom. The van der Waals surface area contributed by atoms with Crippen LogP contribution in [0.1, 0.15) is 32.1 Å². The second kappa shape index (κ2) is 5.75. The van der Waals surface area contributed by atoms with Gasteiger partial charge in [0.05, 0.1) is 0 Å². The number of hydrogen-bond donors (Lipinski definition) is 1. The Bertz CT molecular complexity index is 163. The number of allylic oxidation sites excluding steroid dienone is 1. The molecule has 0 spiro atoms. The number of carbonyl (C=O) groups is 1. The Balaban J connectivity index is 0.000001000. The van der Waals surface area contributed by atoms with Crippen molar-refractivity contribution < 1.29 is 37.6 Å². The Hall–Kier alpha value is 0.145. The van der Waals surface area contributed by atoms with Gasteiger partial charge < -0.3 is 5.11 Å². The van der Waals surface area contributed by atoms with Gasteiger partial charge in [-0.3, -0.25) is 0 Å². The first-order chi connectivity index (χ1) is 4.80. The minimum atomic E-state index is -0.734. The average Bonchev–Trinajstić information content (AvgIpc) is 2.12. The smallest absolute Gasteiger partial charge is 0.331 e. The first-order valence-corrected chi connectivity index (χ1v) is 3.73. The second-order valence-electron chi connectivity index (χ2n) is 2.63. The maximum atomic E-state index is 10.4. The van der Waals surface area contributed by atoms with E-state index in [2.05, 4.69) is 0 Å². The molecule has 1 rings (SSSR count). The van der Waals surface area contributed by atoms with Gasteiger partial charge in [0, 0.05) is 33.2 Å². The van der Waals surface area contributed by atoms with E-state index in [0.29, 0.717) is 5.57 Å². The second-order valence-corrected chi connectivity index (χ2v) is 2.63. The molecule has 0 fully saturated rings. The molecule has 0 saturated heterocycles. The number of carboxylic acid groups (broad SMARTS) is 1. The summed E-state index contributed by atoms with van der Waals surface area (Å²) in [4.78, 5) is 10.4. The molecule has 3 heteroatoms. The minimum Gasteiger partial charge on any atom is -0.478 e. The van der Waals surface area contributed by atoms with Crippen molar-refractivity contribution in [2.24, 2.45) is 0 Å². The summed E-state index contributed by atoms with van der Waals surface area (Å²) in [6, 6.07) is 0. The van der Waals surface area contributed by atoms with Gasteiger partial charge in [0.25, 0.3) is 0 Å². The van der Waals surface area contributed by atoms with Crippen LogP contribution >= 0.6 is 0 Å². The van der Waals surface area contributed by atoms with Crippen molar-refractivity contribution in [2.75, 3.05) is 0 Å². The van der Waals surface area contributed by atoms with Gasteiger partial charge in [-0.15, -0.1) is 0 Å². The molecule has 0 saturated carbocycles. The summed E-state index contributed by atoms with van der Waals surface area (Å²) in [6.45, 7) is 0. The molecule has 0 aliphatic heterocycles. The molecule has 0 unspecified atom stereocenters. The molecule has 11 heavy (non-hydrogen) atoms. The van der Waals surface area contributed by atoms with E-state index in [4.69, 9.17) is 5.11 Å². The van der Waals surface area contributed by atoms with Crippen LogP contribution in [0.3, 0.4) is 0 Å². The van der Waals surface area contributed by atoms with Gasteiger partial charge >= 0.3 is 5.97 Å². The van der Waals surface area contributed by atoms with Gasteiger partial charge in [-0.05, 0) is 25.7 Å². The maximum Gasteiger partial charge on any atom is 0.331 e. The van der Waals surface area contributed by atoms with E-state index < -0.39 is 5.97 Å². The fourth-order valence-electron chi connectivity index (χ4n) is 1.21. The molecule has 0 aromatic carbocycles. The predicted molar refractivity (Wildman–Crippen MR) is 38.8 cm³/mol. The summed E-state index contributed by atoms with van der Waals surface area (Å²) < 4.78 is 0. The van der Waals surface area contributed by atoms with Crippen LogP contribution in [0.5, 0.6) is 0 Å². The Labute approximate surface area is 87.2 Å². The molecule has 1 aliphatic rings. The number of hydrogen-bond acceptors (Lipinski definition) is 1. The number of rotatable bonds is 1. The van der Waals surface area contributed by atoms with Crippen molar-refractivity contribution >= 4 is 5.97 Å². The molecular weight excluding hydrogens is 329 g/mol. The summed E-state index contributed by atoms with van der Waals surface area (Å²) in [5, 5.41) is 8.59. The monoisotopic (exact) mass is 342 g/mol. The van der Waals surface area contributed by atoms with Crippen molar-refractivity contribution in [3.63, 3.8) is 0 Å². The fourth-order valence-corrected chi connectivity index (χ4v) is 1.21. The van der Waals surface area contributed by atoms with Crippen LogP contribution in [0.25, 0.3) is 0 Å². The summed E-state index contributed by atoms with van der Waals surface area (Å²) in [6.07, 6.45) is 6.93. The number of carboxylic acids is 1. The van der Waals surface area contributed by atoms with Crippen LogP contribution < -0.4 is 0 Å². The van der Waals surface area contributed by atoms with Gasteiger partial charge in [0.1, 0.15) is 0 Å². The number of aliphatic carboxylic acids is 1. The third-order valence-corrected chi connectivity index (χ3v) is 1.82. The maximum absolute atomic E-state index is 10.4. The van der Waals surface area contributed by atoms with E-state index in [1.807, 2.05) is 6.08 Å². The third-order valence-electron chi connectivity index (χ3n) is 1.82. The Morgan fingerprint density at radius 3 is 2.73 bits per heavy atom. The summed E-state index contributed by atoms with van der Waals surface area (Å²) in [5.74, 6) is -0.734. The first kappa shape index (κ1) is 11.1. The standard InChI is InChI=1S/C8H12O2.Hg/c9-8(10)7-5-3-1-2-4-6-7;/h5H,1-4,6H2,(H,9,10);. The van der Waals surface area contributed by atoms with Crippen molar-refractivity contribution in [1.82, 2.24) is 0 Å². The van der Waals surface area contributed by atoms with Crippen LogP contribution in [0.2, 0.25) is 0 Å².